The SMILES string of the molecule is Cc1ccc(Cl)cc1-n1c(/C=C/c2ccccc2)nc2ccccc2c1=O. The monoisotopic (exact) mass is 372 g/mol. The third-order valence-electron chi connectivity index (χ3n) is 4.44. The quantitative estimate of drug-likeness (QED) is 0.474. The molecule has 132 valence electrons. The summed E-state index contributed by atoms with van der Waals surface area (Å²) in [4.78, 5) is 18.0. The van der Waals surface area contributed by atoms with E-state index < -0.39 is 0 Å². The van der Waals surface area contributed by atoms with E-state index >= 15 is 0 Å². The molecule has 1 heterocycles. The van der Waals surface area contributed by atoms with Crippen molar-refractivity contribution in [1.29, 1.82) is 0 Å². The molecule has 0 unspecified atom stereocenters. The number of rotatable bonds is 3. The van der Waals surface area contributed by atoms with Crippen LogP contribution >= 0.6 is 11.6 Å². The van der Waals surface area contributed by atoms with E-state index in [-0.39, 0.29) is 5.56 Å². The minimum atomic E-state index is -0.112. The third kappa shape index (κ3) is 3.42. The average molecular weight is 373 g/mol. The number of aromatic nitrogens is 2. The zero-order chi connectivity index (χ0) is 18.8. The number of aryl methyl sites for hydroxylation is 1. The van der Waals surface area contributed by atoms with Gasteiger partial charge in [-0.2, -0.15) is 0 Å². The Morgan fingerprint density at radius 2 is 1.67 bits per heavy atom. The summed E-state index contributed by atoms with van der Waals surface area (Å²) in [5.74, 6) is 0.563. The van der Waals surface area contributed by atoms with Crippen molar-refractivity contribution < 1.29 is 0 Å². The smallest absolute Gasteiger partial charge is 0.266 e. The van der Waals surface area contributed by atoms with E-state index in [4.69, 9.17) is 16.6 Å². The van der Waals surface area contributed by atoms with Gasteiger partial charge in [-0.3, -0.25) is 9.36 Å². The molecule has 0 aliphatic rings. The lowest BCUT2D eigenvalue weighted by Gasteiger charge is -2.14. The van der Waals surface area contributed by atoms with Crippen molar-refractivity contribution >= 4 is 34.7 Å². The number of hydrogen-bond acceptors (Lipinski definition) is 2. The van der Waals surface area contributed by atoms with E-state index in [0.717, 1.165) is 16.8 Å². The van der Waals surface area contributed by atoms with Gasteiger partial charge in [0.05, 0.1) is 16.6 Å². The highest BCUT2D eigenvalue weighted by Gasteiger charge is 2.13. The first kappa shape index (κ1) is 17.3. The minimum absolute atomic E-state index is 0.112. The van der Waals surface area contributed by atoms with Gasteiger partial charge in [-0.05, 0) is 48.4 Å². The van der Waals surface area contributed by atoms with Crippen molar-refractivity contribution in [3.63, 3.8) is 0 Å². The normalized spacial score (nSPS) is 11.3. The Bertz CT molecular complexity index is 1210. The molecule has 0 saturated carbocycles. The lowest BCUT2D eigenvalue weighted by atomic mass is 10.1. The summed E-state index contributed by atoms with van der Waals surface area (Å²) in [6.07, 6.45) is 3.82. The molecule has 3 aromatic carbocycles. The van der Waals surface area contributed by atoms with Gasteiger partial charge in [0.15, 0.2) is 0 Å². The highest BCUT2D eigenvalue weighted by atomic mass is 35.5. The van der Waals surface area contributed by atoms with Crippen LogP contribution in [0, 0.1) is 6.92 Å². The van der Waals surface area contributed by atoms with E-state index in [1.807, 2.05) is 79.7 Å². The molecule has 0 aliphatic carbocycles. The summed E-state index contributed by atoms with van der Waals surface area (Å²) in [6, 6.07) is 22.8. The topological polar surface area (TPSA) is 34.9 Å². The fourth-order valence-corrected chi connectivity index (χ4v) is 3.22. The number of halogens is 1. The Kier molecular flexibility index (Phi) is 4.61. The summed E-state index contributed by atoms with van der Waals surface area (Å²) in [6.45, 7) is 1.96. The van der Waals surface area contributed by atoms with Crippen molar-refractivity contribution in [2.45, 2.75) is 6.92 Å². The summed E-state index contributed by atoms with van der Waals surface area (Å²) >= 11 is 6.21. The van der Waals surface area contributed by atoms with Gasteiger partial charge in [0.25, 0.3) is 5.56 Å². The van der Waals surface area contributed by atoms with Crippen LogP contribution < -0.4 is 5.56 Å². The predicted octanol–water partition coefficient (Wildman–Crippen LogP) is 5.52. The lowest BCUT2D eigenvalue weighted by molar-refractivity contribution is 0.934. The number of nitrogens with zero attached hydrogens (tertiary/aromatic N) is 2. The molecule has 0 atom stereocenters. The van der Waals surface area contributed by atoms with Crippen molar-refractivity contribution in [3.05, 3.63) is 105 Å². The Labute approximate surface area is 162 Å². The highest BCUT2D eigenvalue weighted by Crippen LogP contribution is 2.21. The van der Waals surface area contributed by atoms with Crippen LogP contribution in [-0.4, -0.2) is 9.55 Å². The molecule has 0 spiro atoms. The molecular formula is C23H17ClN2O. The minimum Gasteiger partial charge on any atom is -0.268 e. The van der Waals surface area contributed by atoms with Gasteiger partial charge in [-0.25, -0.2) is 4.98 Å². The van der Waals surface area contributed by atoms with Crippen LogP contribution in [0.4, 0.5) is 0 Å². The van der Waals surface area contributed by atoms with Crippen LogP contribution in [0.3, 0.4) is 0 Å². The average Bonchev–Trinajstić information content (AvgIpc) is 2.69. The van der Waals surface area contributed by atoms with Gasteiger partial charge in [0.2, 0.25) is 0 Å². The predicted molar refractivity (Wildman–Crippen MR) is 112 cm³/mol. The molecule has 4 aromatic rings. The largest absolute Gasteiger partial charge is 0.268 e. The maximum Gasteiger partial charge on any atom is 0.266 e. The van der Waals surface area contributed by atoms with Gasteiger partial charge in [-0.1, -0.05) is 66.2 Å². The fraction of sp³-hybridized carbons (Fsp3) is 0.0435. The van der Waals surface area contributed by atoms with Gasteiger partial charge < -0.3 is 0 Å². The first-order valence-corrected chi connectivity index (χ1v) is 9.03. The summed E-state index contributed by atoms with van der Waals surface area (Å²) in [5.41, 5.74) is 3.28. The summed E-state index contributed by atoms with van der Waals surface area (Å²) in [7, 11) is 0. The maximum absolute atomic E-state index is 13.3. The first-order valence-electron chi connectivity index (χ1n) is 8.65. The molecule has 0 saturated heterocycles. The Morgan fingerprint density at radius 3 is 2.48 bits per heavy atom. The number of para-hydroxylation sites is 1. The Balaban J connectivity index is 2.00. The Hall–Kier alpha value is -3.17. The zero-order valence-electron chi connectivity index (χ0n) is 14.8. The zero-order valence-corrected chi connectivity index (χ0v) is 15.5. The molecule has 0 N–H and O–H groups in total. The van der Waals surface area contributed by atoms with Crippen LogP contribution in [0.15, 0.2) is 77.6 Å². The molecule has 27 heavy (non-hydrogen) atoms. The maximum atomic E-state index is 13.3. The molecule has 4 heteroatoms. The van der Waals surface area contributed by atoms with Crippen molar-refractivity contribution in [2.75, 3.05) is 0 Å². The van der Waals surface area contributed by atoms with Gasteiger partial charge in [0, 0.05) is 5.02 Å². The van der Waals surface area contributed by atoms with E-state index in [2.05, 4.69) is 0 Å². The molecule has 0 amide bonds. The van der Waals surface area contributed by atoms with Gasteiger partial charge >= 0.3 is 0 Å². The number of benzene rings is 3. The summed E-state index contributed by atoms with van der Waals surface area (Å²) < 4.78 is 1.63. The van der Waals surface area contributed by atoms with Crippen LogP contribution in [-0.2, 0) is 0 Å². The molecule has 1 aromatic heterocycles. The van der Waals surface area contributed by atoms with Gasteiger partial charge in [-0.15, -0.1) is 0 Å². The van der Waals surface area contributed by atoms with E-state index in [9.17, 15) is 4.79 Å². The van der Waals surface area contributed by atoms with E-state index in [0.29, 0.717) is 21.7 Å². The second-order valence-corrected chi connectivity index (χ2v) is 6.74. The fourth-order valence-electron chi connectivity index (χ4n) is 3.05. The van der Waals surface area contributed by atoms with E-state index in [1.165, 1.54) is 0 Å². The second-order valence-electron chi connectivity index (χ2n) is 6.30. The highest BCUT2D eigenvalue weighted by molar-refractivity contribution is 6.30. The molecule has 0 bridgehead atoms. The summed E-state index contributed by atoms with van der Waals surface area (Å²) in [5, 5.41) is 1.15. The lowest BCUT2D eigenvalue weighted by Crippen LogP contribution is -2.23. The van der Waals surface area contributed by atoms with Crippen molar-refractivity contribution in [3.8, 4) is 5.69 Å². The molecule has 0 fully saturated rings. The van der Waals surface area contributed by atoms with Crippen molar-refractivity contribution in [2.24, 2.45) is 0 Å². The molecular weight excluding hydrogens is 356 g/mol. The molecule has 0 aliphatic heterocycles. The van der Waals surface area contributed by atoms with Crippen molar-refractivity contribution in [1.82, 2.24) is 9.55 Å². The van der Waals surface area contributed by atoms with E-state index in [1.54, 1.807) is 16.7 Å². The Morgan fingerprint density at radius 1 is 0.926 bits per heavy atom. The molecule has 3 nitrogen and oxygen atoms in total. The van der Waals surface area contributed by atoms with Gasteiger partial charge in [0.1, 0.15) is 5.82 Å². The number of hydrogen-bond donors (Lipinski definition) is 0. The standard InChI is InChI=1S/C23H17ClN2O/c1-16-11-13-18(24)15-21(16)26-22(14-12-17-7-3-2-4-8-17)25-20-10-6-5-9-19(20)23(26)27/h2-15H,1H3/b14-12+. The first-order chi connectivity index (χ1) is 13.1. The number of fused-ring (bicyclic) bond motifs is 1. The molecule has 4 rings (SSSR count). The van der Waals surface area contributed by atoms with Crippen LogP contribution in [0.5, 0.6) is 0 Å². The second kappa shape index (κ2) is 7.22. The van der Waals surface area contributed by atoms with Crippen LogP contribution in [0.1, 0.15) is 17.0 Å². The van der Waals surface area contributed by atoms with Crippen LogP contribution in [0.2, 0.25) is 5.02 Å². The van der Waals surface area contributed by atoms with Crippen LogP contribution in [0.25, 0.3) is 28.7 Å². The third-order valence-corrected chi connectivity index (χ3v) is 4.67. The molecule has 0 radical (unpaired) electrons.